The fourth-order valence-corrected chi connectivity index (χ4v) is 4.42. The van der Waals surface area contributed by atoms with Gasteiger partial charge in [0.15, 0.2) is 0 Å². The van der Waals surface area contributed by atoms with Gasteiger partial charge in [-0.25, -0.2) is 0 Å². The number of fused-ring (bicyclic) bond motifs is 1. The molecule has 0 radical (unpaired) electrons. The van der Waals surface area contributed by atoms with Crippen molar-refractivity contribution in [2.24, 2.45) is 7.05 Å². The standard InChI is InChI=1S/C22H25N3O2/c1-25-10-7-18-19(13-23-20(18)21(25)26)16-4-2-15(3-5-16)12-17-6-8-22(14-24-17)9-11-27-22/h2-5,7,10,13,17,23-24H,6,8-9,11-12,14H2,1H3. The number of hydrogen-bond donors (Lipinski definition) is 2. The van der Waals surface area contributed by atoms with Crippen LogP contribution in [0.1, 0.15) is 24.8 Å². The van der Waals surface area contributed by atoms with Crippen LogP contribution in [0.5, 0.6) is 0 Å². The van der Waals surface area contributed by atoms with Crippen LogP contribution in [0.25, 0.3) is 22.0 Å². The Bertz CT molecular complexity index is 1020. The molecular formula is C22H25N3O2. The number of nitrogens with one attached hydrogen (secondary N) is 2. The summed E-state index contributed by atoms with van der Waals surface area (Å²) < 4.78 is 7.38. The van der Waals surface area contributed by atoms with Crippen molar-refractivity contribution in [3.63, 3.8) is 0 Å². The van der Waals surface area contributed by atoms with Crippen LogP contribution in [0.3, 0.4) is 0 Å². The van der Waals surface area contributed by atoms with Crippen LogP contribution in [-0.2, 0) is 18.2 Å². The van der Waals surface area contributed by atoms with Gasteiger partial charge < -0.3 is 19.6 Å². The van der Waals surface area contributed by atoms with Gasteiger partial charge in [0.2, 0.25) is 0 Å². The van der Waals surface area contributed by atoms with Crippen LogP contribution >= 0.6 is 0 Å². The number of H-pyrrole nitrogens is 1. The Labute approximate surface area is 158 Å². The van der Waals surface area contributed by atoms with Crippen molar-refractivity contribution < 1.29 is 4.74 Å². The number of hydrogen-bond acceptors (Lipinski definition) is 3. The molecule has 2 atom stereocenters. The van der Waals surface area contributed by atoms with Crippen molar-refractivity contribution in [2.45, 2.75) is 37.3 Å². The number of rotatable bonds is 3. The lowest BCUT2D eigenvalue weighted by molar-refractivity contribution is -0.159. The fraction of sp³-hybridized carbons (Fsp3) is 0.409. The first-order chi connectivity index (χ1) is 13.1. The third-order valence-electron chi connectivity index (χ3n) is 6.29. The summed E-state index contributed by atoms with van der Waals surface area (Å²) in [5.74, 6) is 0. The summed E-state index contributed by atoms with van der Waals surface area (Å²) in [5.41, 5.74) is 4.38. The largest absolute Gasteiger partial charge is 0.373 e. The van der Waals surface area contributed by atoms with Gasteiger partial charge in [-0.2, -0.15) is 0 Å². The van der Waals surface area contributed by atoms with Gasteiger partial charge in [0.25, 0.3) is 5.56 Å². The maximum absolute atomic E-state index is 12.2. The first-order valence-electron chi connectivity index (χ1n) is 9.77. The third-order valence-corrected chi connectivity index (χ3v) is 6.29. The number of piperidine rings is 1. The van der Waals surface area contributed by atoms with Crippen molar-refractivity contribution in [3.05, 3.63) is 58.6 Å². The maximum atomic E-state index is 12.2. The van der Waals surface area contributed by atoms with Crippen LogP contribution in [0, 0.1) is 0 Å². The number of aromatic amines is 1. The lowest BCUT2D eigenvalue weighted by Crippen LogP contribution is -2.57. The van der Waals surface area contributed by atoms with Gasteiger partial charge in [0, 0.05) is 49.4 Å². The minimum Gasteiger partial charge on any atom is -0.373 e. The summed E-state index contributed by atoms with van der Waals surface area (Å²) in [5, 5.41) is 4.65. The maximum Gasteiger partial charge on any atom is 0.274 e. The van der Waals surface area contributed by atoms with Crippen molar-refractivity contribution in [3.8, 4) is 11.1 Å². The number of benzene rings is 1. The molecule has 2 aromatic heterocycles. The summed E-state index contributed by atoms with van der Waals surface area (Å²) in [6.07, 6.45) is 8.35. The molecule has 27 heavy (non-hydrogen) atoms. The van der Waals surface area contributed by atoms with Crippen molar-refractivity contribution in [1.29, 1.82) is 0 Å². The average molecular weight is 363 g/mol. The lowest BCUT2D eigenvalue weighted by atomic mass is 9.83. The smallest absolute Gasteiger partial charge is 0.274 e. The van der Waals surface area contributed by atoms with E-state index in [9.17, 15) is 4.79 Å². The molecule has 5 heteroatoms. The Hall–Kier alpha value is -2.37. The molecule has 2 aliphatic rings. The number of ether oxygens (including phenoxy) is 1. The summed E-state index contributed by atoms with van der Waals surface area (Å²) in [6, 6.07) is 11.3. The molecule has 2 N–H and O–H groups in total. The quantitative estimate of drug-likeness (QED) is 0.752. The zero-order valence-corrected chi connectivity index (χ0v) is 15.6. The molecule has 2 saturated heterocycles. The molecule has 1 spiro atoms. The van der Waals surface area contributed by atoms with Crippen molar-refractivity contribution in [1.82, 2.24) is 14.9 Å². The molecule has 0 saturated carbocycles. The van der Waals surface area contributed by atoms with Gasteiger partial charge in [-0.1, -0.05) is 24.3 Å². The number of aromatic nitrogens is 2. The highest BCUT2D eigenvalue weighted by Crippen LogP contribution is 2.34. The zero-order valence-electron chi connectivity index (χ0n) is 15.6. The predicted octanol–water partition coefficient (Wildman–Crippen LogP) is 2.99. The van der Waals surface area contributed by atoms with Gasteiger partial charge in [0.05, 0.1) is 12.2 Å². The molecule has 5 rings (SSSR count). The molecule has 2 aliphatic heterocycles. The second-order valence-electron chi connectivity index (χ2n) is 8.02. The van der Waals surface area contributed by atoms with Gasteiger partial charge >= 0.3 is 0 Å². The highest BCUT2D eigenvalue weighted by molar-refractivity contribution is 5.94. The Morgan fingerprint density at radius 1 is 1.22 bits per heavy atom. The van der Waals surface area contributed by atoms with Gasteiger partial charge in [-0.05, 0) is 36.5 Å². The topological polar surface area (TPSA) is 59.0 Å². The Balaban J connectivity index is 1.32. The normalized spacial score (nSPS) is 25.0. The molecule has 4 heterocycles. The fourth-order valence-electron chi connectivity index (χ4n) is 4.42. The van der Waals surface area contributed by atoms with E-state index in [-0.39, 0.29) is 11.2 Å². The lowest BCUT2D eigenvalue weighted by Gasteiger charge is -2.47. The number of nitrogens with zero attached hydrogens (tertiary/aromatic N) is 1. The Kier molecular flexibility index (Phi) is 3.95. The third kappa shape index (κ3) is 2.91. The van der Waals surface area contributed by atoms with E-state index in [4.69, 9.17) is 4.74 Å². The molecule has 0 bridgehead atoms. The number of pyridine rings is 1. The summed E-state index contributed by atoms with van der Waals surface area (Å²) in [6.45, 7) is 1.91. The number of aryl methyl sites for hydroxylation is 1. The molecule has 0 amide bonds. The van der Waals surface area contributed by atoms with E-state index in [0.29, 0.717) is 11.6 Å². The summed E-state index contributed by atoms with van der Waals surface area (Å²) in [7, 11) is 1.77. The second-order valence-corrected chi connectivity index (χ2v) is 8.02. The summed E-state index contributed by atoms with van der Waals surface area (Å²) >= 11 is 0. The van der Waals surface area contributed by atoms with E-state index >= 15 is 0 Å². The van der Waals surface area contributed by atoms with Crippen molar-refractivity contribution in [2.75, 3.05) is 13.2 Å². The Morgan fingerprint density at radius 3 is 2.70 bits per heavy atom. The molecule has 5 nitrogen and oxygen atoms in total. The molecule has 3 aromatic rings. The van der Waals surface area contributed by atoms with Crippen LogP contribution in [0.2, 0.25) is 0 Å². The molecule has 2 fully saturated rings. The van der Waals surface area contributed by atoms with Crippen LogP contribution < -0.4 is 10.9 Å². The van der Waals surface area contributed by atoms with E-state index in [2.05, 4.69) is 34.6 Å². The minimum absolute atomic E-state index is 0.00644. The molecule has 2 unspecified atom stereocenters. The first-order valence-corrected chi connectivity index (χ1v) is 9.77. The summed E-state index contributed by atoms with van der Waals surface area (Å²) in [4.78, 5) is 15.4. The molecule has 1 aromatic carbocycles. The van der Waals surface area contributed by atoms with Gasteiger partial charge in [-0.3, -0.25) is 4.79 Å². The highest BCUT2D eigenvalue weighted by atomic mass is 16.5. The first kappa shape index (κ1) is 16.8. The van der Waals surface area contributed by atoms with E-state index in [0.717, 1.165) is 36.1 Å². The molecular weight excluding hydrogens is 338 g/mol. The average Bonchev–Trinajstić information content (AvgIpc) is 3.10. The van der Waals surface area contributed by atoms with Crippen LogP contribution in [0.15, 0.2) is 47.5 Å². The predicted molar refractivity (Wildman–Crippen MR) is 107 cm³/mol. The van der Waals surface area contributed by atoms with Gasteiger partial charge in [0.1, 0.15) is 5.52 Å². The molecule has 140 valence electrons. The van der Waals surface area contributed by atoms with Crippen LogP contribution in [-0.4, -0.2) is 34.3 Å². The molecule has 0 aliphatic carbocycles. The van der Waals surface area contributed by atoms with E-state index in [1.807, 2.05) is 18.5 Å². The van der Waals surface area contributed by atoms with E-state index in [1.54, 1.807) is 11.6 Å². The van der Waals surface area contributed by atoms with E-state index in [1.165, 1.54) is 24.8 Å². The van der Waals surface area contributed by atoms with Gasteiger partial charge in [-0.15, -0.1) is 0 Å². The van der Waals surface area contributed by atoms with Crippen LogP contribution in [0.4, 0.5) is 0 Å². The SMILES string of the molecule is Cn1ccc2c(-c3ccc(CC4CCC5(CCO5)CN4)cc3)c[nH]c2c1=O. The highest BCUT2D eigenvalue weighted by Gasteiger charge is 2.41. The minimum atomic E-state index is 0.00644. The van der Waals surface area contributed by atoms with E-state index < -0.39 is 0 Å². The van der Waals surface area contributed by atoms with Crippen molar-refractivity contribution >= 4 is 10.9 Å². The monoisotopic (exact) mass is 363 g/mol. The Morgan fingerprint density at radius 2 is 2.04 bits per heavy atom. The second kappa shape index (κ2) is 6.36. The zero-order chi connectivity index (χ0) is 18.4.